The second kappa shape index (κ2) is 9.62. The molecule has 0 amide bonds. The van der Waals surface area contributed by atoms with Gasteiger partial charge in [-0.25, -0.2) is 22.9 Å². The fraction of sp³-hybridized carbons (Fsp3) is 0.636. The first kappa shape index (κ1) is 27.1. The molecular formula is C11H18F2N3O13P3. The third-order valence-electron chi connectivity index (χ3n) is 4.08. The summed E-state index contributed by atoms with van der Waals surface area (Å²) < 4.78 is 78.5. The summed E-state index contributed by atoms with van der Waals surface area (Å²) in [5.74, 6) is -1.80. The zero-order chi connectivity index (χ0) is 24.5. The Kier molecular flexibility index (Phi) is 8.15. The topological polar surface area (TPSA) is 250 Å². The van der Waals surface area contributed by atoms with Gasteiger partial charge in [0.1, 0.15) is 24.3 Å². The number of anilines is 1. The minimum atomic E-state index is -5.86. The van der Waals surface area contributed by atoms with Crippen LogP contribution in [0.3, 0.4) is 0 Å². The SMILES string of the molecule is Nc1ccn(C2O[C@](CF)(COP(=O)(O)OP(=O)(O)OP(=O)(O)O)[C@@H](O)[C@@H]2CF)c(=O)n1. The van der Waals surface area contributed by atoms with Gasteiger partial charge in [-0.15, -0.1) is 0 Å². The number of halogens is 2. The molecule has 0 spiro atoms. The van der Waals surface area contributed by atoms with Crippen molar-refractivity contribution in [2.24, 2.45) is 5.92 Å². The van der Waals surface area contributed by atoms with Crippen molar-refractivity contribution in [3.8, 4) is 0 Å². The van der Waals surface area contributed by atoms with E-state index in [2.05, 4.69) is 18.1 Å². The summed E-state index contributed by atoms with van der Waals surface area (Å²) in [6.45, 7) is -4.44. The molecule has 1 aromatic heterocycles. The number of nitrogen functional groups attached to an aromatic ring is 1. The number of hydrogen-bond acceptors (Lipinski definition) is 11. The van der Waals surface area contributed by atoms with Crippen molar-refractivity contribution in [2.75, 3.05) is 25.7 Å². The van der Waals surface area contributed by atoms with Crippen LogP contribution in [-0.2, 0) is 31.6 Å². The van der Waals surface area contributed by atoms with E-state index in [-0.39, 0.29) is 5.82 Å². The first-order chi connectivity index (χ1) is 14.5. The zero-order valence-electron chi connectivity index (χ0n) is 15.6. The Morgan fingerprint density at radius 3 is 2.31 bits per heavy atom. The molecule has 1 aliphatic heterocycles. The molecule has 32 heavy (non-hydrogen) atoms. The smallest absolute Gasteiger partial charge is 0.389 e. The molecule has 3 unspecified atom stereocenters. The molecule has 0 aromatic carbocycles. The predicted octanol–water partition coefficient (Wildman–Crippen LogP) is -0.648. The summed E-state index contributed by atoms with van der Waals surface area (Å²) in [7, 11) is -17.2. The van der Waals surface area contributed by atoms with Crippen LogP contribution in [0.25, 0.3) is 0 Å². The van der Waals surface area contributed by atoms with E-state index >= 15 is 0 Å². The van der Waals surface area contributed by atoms with Crippen molar-refractivity contribution in [3.05, 3.63) is 22.7 Å². The number of aliphatic hydroxyl groups excluding tert-OH is 1. The maximum Gasteiger partial charge on any atom is 0.490 e. The van der Waals surface area contributed by atoms with Crippen LogP contribution in [-0.4, -0.2) is 65.9 Å². The highest BCUT2D eigenvalue weighted by Crippen LogP contribution is 2.66. The van der Waals surface area contributed by atoms with E-state index in [1.807, 2.05) is 0 Å². The Balaban J connectivity index is 2.25. The Bertz CT molecular complexity index is 1040. The molecule has 16 nitrogen and oxygen atoms in total. The second-order valence-corrected chi connectivity index (χ2v) is 10.8. The number of alkyl halides is 2. The van der Waals surface area contributed by atoms with E-state index in [9.17, 15) is 37.3 Å². The van der Waals surface area contributed by atoms with Gasteiger partial charge in [0.05, 0.1) is 25.3 Å². The van der Waals surface area contributed by atoms with Crippen molar-refractivity contribution in [1.82, 2.24) is 9.55 Å². The summed E-state index contributed by atoms with van der Waals surface area (Å²) in [5, 5.41) is 10.4. The minimum Gasteiger partial charge on any atom is -0.389 e. The number of aromatic nitrogens is 2. The average molecular weight is 531 g/mol. The fourth-order valence-corrected chi connectivity index (χ4v) is 5.83. The predicted molar refractivity (Wildman–Crippen MR) is 97.0 cm³/mol. The molecule has 6 atom stereocenters. The molecule has 0 bridgehead atoms. The minimum absolute atomic E-state index is 0.203. The lowest BCUT2D eigenvalue weighted by atomic mass is 9.92. The van der Waals surface area contributed by atoms with Gasteiger partial charge in [-0.3, -0.25) is 13.5 Å². The van der Waals surface area contributed by atoms with Crippen molar-refractivity contribution < 1.29 is 65.0 Å². The third kappa shape index (κ3) is 6.47. The largest absolute Gasteiger partial charge is 0.490 e. The summed E-state index contributed by atoms with van der Waals surface area (Å²) in [4.78, 5) is 51.0. The summed E-state index contributed by atoms with van der Waals surface area (Å²) >= 11 is 0. The van der Waals surface area contributed by atoms with Gasteiger partial charge < -0.3 is 35.2 Å². The van der Waals surface area contributed by atoms with Gasteiger partial charge in [0.25, 0.3) is 0 Å². The number of nitrogens with two attached hydrogens (primary N) is 1. The lowest BCUT2D eigenvalue weighted by Gasteiger charge is -2.29. The van der Waals surface area contributed by atoms with E-state index in [1.54, 1.807) is 0 Å². The number of hydrogen-bond donors (Lipinski definition) is 6. The Hall–Kier alpha value is -1.13. The number of phosphoric ester groups is 1. The summed E-state index contributed by atoms with van der Waals surface area (Å²) in [6, 6.07) is 1.12. The molecular weight excluding hydrogens is 513 g/mol. The fourth-order valence-electron chi connectivity index (χ4n) is 2.75. The quantitative estimate of drug-likeness (QED) is 0.205. The van der Waals surface area contributed by atoms with E-state index in [0.29, 0.717) is 4.57 Å². The van der Waals surface area contributed by atoms with Gasteiger partial charge in [0.15, 0.2) is 0 Å². The van der Waals surface area contributed by atoms with Crippen molar-refractivity contribution in [1.29, 1.82) is 0 Å². The van der Waals surface area contributed by atoms with Crippen LogP contribution in [0.15, 0.2) is 17.1 Å². The first-order valence-corrected chi connectivity index (χ1v) is 12.7. The van der Waals surface area contributed by atoms with Gasteiger partial charge in [-0.2, -0.15) is 13.6 Å². The molecule has 2 rings (SSSR count). The van der Waals surface area contributed by atoms with Crippen LogP contribution >= 0.6 is 23.5 Å². The summed E-state index contributed by atoms with van der Waals surface area (Å²) in [5.41, 5.74) is 1.71. The van der Waals surface area contributed by atoms with Crippen LogP contribution < -0.4 is 11.4 Å². The van der Waals surface area contributed by atoms with Gasteiger partial charge in [-0.1, -0.05) is 0 Å². The normalized spacial score (nSPS) is 30.0. The van der Waals surface area contributed by atoms with Gasteiger partial charge in [0, 0.05) is 6.20 Å². The van der Waals surface area contributed by atoms with Crippen LogP contribution in [0.5, 0.6) is 0 Å². The van der Waals surface area contributed by atoms with Gasteiger partial charge >= 0.3 is 29.2 Å². The van der Waals surface area contributed by atoms with Crippen LogP contribution in [0, 0.1) is 5.92 Å². The molecule has 1 fully saturated rings. The van der Waals surface area contributed by atoms with E-state index in [0.717, 1.165) is 12.3 Å². The Morgan fingerprint density at radius 1 is 1.19 bits per heavy atom. The molecule has 2 heterocycles. The van der Waals surface area contributed by atoms with Crippen molar-refractivity contribution in [3.63, 3.8) is 0 Å². The number of rotatable bonds is 10. The standard InChI is InChI=1S/C11H18F2N3O13P3/c12-3-6-8(17)11(4-13,27-9(6)16-2-1-7(14)15-10(16)18)5-26-31(22,23)29-32(24,25)28-30(19,20)21/h1-2,6,8-9,17H,3-5H2,(H,22,23)(H,24,25)(H2,14,15,18)(H2,19,20,21)/t6-,8-,9?,11+/m0/s1. The maximum absolute atomic E-state index is 13.8. The highest BCUT2D eigenvalue weighted by Gasteiger charge is 2.57. The molecule has 1 aliphatic rings. The van der Waals surface area contributed by atoms with E-state index in [4.69, 9.17) is 25.2 Å². The number of nitrogens with zero attached hydrogens (tertiary/aromatic N) is 2. The van der Waals surface area contributed by atoms with Gasteiger partial charge in [0.2, 0.25) is 0 Å². The monoisotopic (exact) mass is 531 g/mol. The Morgan fingerprint density at radius 2 is 1.81 bits per heavy atom. The van der Waals surface area contributed by atoms with Crippen molar-refractivity contribution >= 4 is 29.3 Å². The highest BCUT2D eigenvalue weighted by molar-refractivity contribution is 7.66. The number of phosphoric acid groups is 3. The first-order valence-electron chi connectivity index (χ1n) is 8.15. The molecule has 0 radical (unpaired) electrons. The van der Waals surface area contributed by atoms with Crippen LogP contribution in [0.2, 0.25) is 0 Å². The van der Waals surface area contributed by atoms with E-state index in [1.165, 1.54) is 0 Å². The lowest BCUT2D eigenvalue weighted by molar-refractivity contribution is -0.136. The molecule has 0 aliphatic carbocycles. The lowest BCUT2D eigenvalue weighted by Crippen LogP contribution is -2.47. The molecule has 21 heteroatoms. The molecule has 1 saturated heterocycles. The Labute approximate surface area is 177 Å². The maximum atomic E-state index is 13.8. The van der Waals surface area contributed by atoms with Gasteiger partial charge in [-0.05, 0) is 6.07 Å². The zero-order valence-corrected chi connectivity index (χ0v) is 18.3. The third-order valence-corrected chi connectivity index (χ3v) is 7.87. The molecule has 184 valence electrons. The molecule has 7 N–H and O–H groups in total. The summed E-state index contributed by atoms with van der Waals surface area (Å²) in [6.07, 6.45) is -2.74. The molecule has 0 saturated carbocycles. The highest BCUT2D eigenvalue weighted by atomic mass is 31.3. The average Bonchev–Trinajstić information content (AvgIpc) is 2.89. The van der Waals surface area contributed by atoms with Crippen LogP contribution in [0.1, 0.15) is 6.23 Å². The number of ether oxygens (including phenoxy) is 1. The van der Waals surface area contributed by atoms with Crippen molar-refractivity contribution in [2.45, 2.75) is 17.9 Å². The second-order valence-electron chi connectivity index (χ2n) is 6.38. The number of aliphatic hydroxyl groups is 1. The van der Waals surface area contributed by atoms with Crippen LogP contribution in [0.4, 0.5) is 14.6 Å². The van der Waals surface area contributed by atoms with E-state index < -0.39 is 73.0 Å². The molecule has 1 aromatic rings.